The average Bonchev–Trinajstić information content (AvgIpc) is 3.40. The van der Waals surface area contributed by atoms with E-state index in [1.807, 2.05) is 6.08 Å². The van der Waals surface area contributed by atoms with Gasteiger partial charge in [-0.2, -0.15) is 0 Å². The van der Waals surface area contributed by atoms with Crippen molar-refractivity contribution in [2.45, 2.75) is 371 Å². The van der Waals surface area contributed by atoms with Gasteiger partial charge in [-0.1, -0.05) is 314 Å². The molecule has 6 N–H and O–H groups in total. The summed E-state index contributed by atoms with van der Waals surface area (Å²) in [5.41, 5.74) is 0. The first-order valence-electron chi connectivity index (χ1n) is 32.6. The van der Waals surface area contributed by atoms with Gasteiger partial charge in [-0.05, 0) is 32.1 Å². The number of carbonyl (C=O) groups is 1. The predicted molar refractivity (Wildman–Crippen MR) is 314 cm³/mol. The average molecular weight is 1050 g/mol. The third-order valence-corrected chi connectivity index (χ3v) is 15.8. The maximum absolute atomic E-state index is 13.0. The van der Waals surface area contributed by atoms with E-state index >= 15 is 0 Å². The number of ether oxygens (including phenoxy) is 2. The van der Waals surface area contributed by atoms with Crippen LogP contribution in [0, 0.1) is 0 Å². The highest BCUT2D eigenvalue weighted by molar-refractivity contribution is 5.76. The lowest BCUT2D eigenvalue weighted by molar-refractivity contribution is -0.302. The van der Waals surface area contributed by atoms with Crippen LogP contribution >= 0.6 is 0 Å². The van der Waals surface area contributed by atoms with Crippen LogP contribution in [0.2, 0.25) is 0 Å². The normalized spacial score (nSPS) is 19.0. The maximum atomic E-state index is 13.0. The van der Waals surface area contributed by atoms with Crippen molar-refractivity contribution in [2.24, 2.45) is 0 Å². The van der Waals surface area contributed by atoms with Crippen molar-refractivity contribution >= 4 is 5.91 Å². The smallest absolute Gasteiger partial charge is 0.220 e. The summed E-state index contributed by atoms with van der Waals surface area (Å²) in [6, 6.07) is -0.817. The zero-order valence-electron chi connectivity index (χ0n) is 48.9. The Balaban J connectivity index is 1.98. The first-order valence-corrected chi connectivity index (χ1v) is 32.6. The van der Waals surface area contributed by atoms with Crippen molar-refractivity contribution in [3.8, 4) is 0 Å². The molecule has 0 saturated carbocycles. The Morgan fingerprint density at radius 3 is 1.14 bits per heavy atom. The lowest BCUT2D eigenvalue weighted by atomic mass is 9.99. The Kier molecular flexibility index (Phi) is 52.5. The molecule has 9 nitrogen and oxygen atoms in total. The van der Waals surface area contributed by atoms with Crippen LogP contribution in [0.15, 0.2) is 24.3 Å². The zero-order chi connectivity index (χ0) is 53.6. The SMILES string of the molecule is CCCCCCC/C=C/CC/C=C/C(O)C(COC1OC(CO)C(O)C(O)C1O)NC(=O)CCCCCCCCCCCCCCCCCCCCCCCCCCCCCCCCCCCCCCCCCC. The van der Waals surface area contributed by atoms with Crippen LogP contribution < -0.4 is 5.32 Å². The van der Waals surface area contributed by atoms with Gasteiger partial charge in [0.15, 0.2) is 6.29 Å². The Labute approximate surface area is 458 Å². The van der Waals surface area contributed by atoms with Gasteiger partial charge in [0.1, 0.15) is 24.4 Å². The molecule has 1 amide bonds. The molecule has 0 spiro atoms. The lowest BCUT2D eigenvalue weighted by Gasteiger charge is -2.40. The molecule has 1 heterocycles. The summed E-state index contributed by atoms with van der Waals surface area (Å²) in [7, 11) is 0. The second kappa shape index (κ2) is 55.0. The summed E-state index contributed by atoms with van der Waals surface area (Å²) >= 11 is 0. The van der Waals surface area contributed by atoms with E-state index in [0.29, 0.717) is 6.42 Å². The number of unbranched alkanes of at least 4 members (excludes halogenated alkanes) is 45. The summed E-state index contributed by atoms with van der Waals surface area (Å²) < 4.78 is 11.2. The standard InChI is InChI=1S/C65H125NO8/c1-3-5-7-9-11-13-15-16-17-18-19-20-21-22-23-24-25-26-27-28-29-30-31-32-33-34-35-36-37-38-39-40-41-42-43-45-47-49-51-53-55-61(69)66-58(57-73-65-64(72)63(71)62(70)60(56-67)74-65)59(68)54-52-50-48-46-44-14-12-10-8-6-4-2/h44,46,52,54,58-60,62-65,67-68,70-72H,3-43,45,47-51,53,55-57H2,1-2H3,(H,66,69)/b46-44+,54-52+. The Morgan fingerprint density at radius 2 is 0.770 bits per heavy atom. The first kappa shape index (κ1) is 70.7. The molecule has 1 aliphatic heterocycles. The molecule has 7 unspecified atom stereocenters. The van der Waals surface area contributed by atoms with Crippen molar-refractivity contribution in [1.82, 2.24) is 5.32 Å². The van der Waals surface area contributed by atoms with Gasteiger partial charge in [0.25, 0.3) is 0 Å². The number of aliphatic hydroxyl groups excluding tert-OH is 5. The first-order chi connectivity index (χ1) is 36.3. The van der Waals surface area contributed by atoms with Gasteiger partial charge in [0.05, 0.1) is 25.4 Å². The predicted octanol–water partition coefficient (Wildman–Crippen LogP) is 16.9. The Bertz CT molecular complexity index is 1210. The van der Waals surface area contributed by atoms with E-state index in [-0.39, 0.29) is 12.5 Å². The van der Waals surface area contributed by atoms with E-state index in [9.17, 15) is 30.3 Å². The van der Waals surface area contributed by atoms with Gasteiger partial charge in [-0.3, -0.25) is 4.79 Å². The molecule has 1 aliphatic rings. The molecule has 0 aromatic rings. The molecule has 74 heavy (non-hydrogen) atoms. The van der Waals surface area contributed by atoms with E-state index < -0.39 is 49.5 Å². The minimum absolute atomic E-state index is 0.182. The number of amides is 1. The third-order valence-electron chi connectivity index (χ3n) is 15.8. The van der Waals surface area contributed by atoms with Crippen LogP contribution in [0.25, 0.3) is 0 Å². The third kappa shape index (κ3) is 43.6. The van der Waals surface area contributed by atoms with Gasteiger partial charge in [0.2, 0.25) is 5.91 Å². The topological polar surface area (TPSA) is 149 Å². The van der Waals surface area contributed by atoms with E-state index in [1.165, 1.54) is 270 Å². The van der Waals surface area contributed by atoms with E-state index in [2.05, 4.69) is 31.3 Å². The van der Waals surface area contributed by atoms with Crippen LogP contribution in [0.5, 0.6) is 0 Å². The number of allylic oxidation sites excluding steroid dienone is 3. The summed E-state index contributed by atoms with van der Waals surface area (Å²) in [5.74, 6) is -0.182. The molecule has 0 aromatic heterocycles. The quantitative estimate of drug-likeness (QED) is 0.0261. The van der Waals surface area contributed by atoms with Gasteiger partial charge >= 0.3 is 0 Å². The molecule has 1 fully saturated rings. The minimum atomic E-state index is -1.57. The van der Waals surface area contributed by atoms with Gasteiger partial charge < -0.3 is 40.3 Å². The highest BCUT2D eigenvalue weighted by atomic mass is 16.7. The summed E-state index contributed by atoms with van der Waals surface area (Å²) in [4.78, 5) is 13.0. The van der Waals surface area contributed by atoms with E-state index in [1.54, 1.807) is 6.08 Å². The molecule has 1 saturated heterocycles. The van der Waals surface area contributed by atoms with E-state index in [0.717, 1.165) is 38.5 Å². The van der Waals surface area contributed by atoms with Crippen molar-refractivity contribution in [3.05, 3.63) is 24.3 Å². The molecule has 9 heteroatoms. The summed E-state index contributed by atoms with van der Waals surface area (Å²) in [6.45, 7) is 3.76. The molecule has 438 valence electrons. The lowest BCUT2D eigenvalue weighted by Crippen LogP contribution is -2.60. The van der Waals surface area contributed by atoms with Crippen LogP contribution in [0.3, 0.4) is 0 Å². The number of aliphatic hydroxyl groups is 5. The highest BCUT2D eigenvalue weighted by Gasteiger charge is 2.44. The molecule has 0 bridgehead atoms. The minimum Gasteiger partial charge on any atom is -0.394 e. The Morgan fingerprint density at radius 1 is 0.446 bits per heavy atom. The fraction of sp³-hybridized carbons (Fsp3) is 0.923. The van der Waals surface area contributed by atoms with Gasteiger partial charge in [-0.15, -0.1) is 0 Å². The molecule has 1 rings (SSSR count). The molecular formula is C65H125NO8. The number of hydrogen-bond donors (Lipinski definition) is 6. The summed E-state index contributed by atoms with van der Waals surface area (Å²) in [5, 5.41) is 54.3. The molecule has 0 radical (unpaired) electrons. The van der Waals surface area contributed by atoms with E-state index in [4.69, 9.17) is 9.47 Å². The summed E-state index contributed by atoms with van der Waals surface area (Å²) in [6.07, 6.45) is 64.7. The van der Waals surface area contributed by atoms with Gasteiger partial charge in [0, 0.05) is 6.42 Å². The van der Waals surface area contributed by atoms with Crippen molar-refractivity contribution < 1.29 is 39.8 Å². The van der Waals surface area contributed by atoms with Crippen molar-refractivity contribution in [3.63, 3.8) is 0 Å². The van der Waals surface area contributed by atoms with Crippen molar-refractivity contribution in [2.75, 3.05) is 13.2 Å². The number of hydrogen-bond acceptors (Lipinski definition) is 8. The fourth-order valence-corrected chi connectivity index (χ4v) is 10.6. The second-order valence-corrected chi connectivity index (χ2v) is 22.9. The monoisotopic (exact) mass is 1050 g/mol. The van der Waals surface area contributed by atoms with Crippen LogP contribution in [0.4, 0.5) is 0 Å². The zero-order valence-corrected chi connectivity index (χ0v) is 48.9. The van der Waals surface area contributed by atoms with Crippen molar-refractivity contribution in [1.29, 1.82) is 0 Å². The highest BCUT2D eigenvalue weighted by Crippen LogP contribution is 2.23. The number of carbonyl (C=O) groups excluding carboxylic acids is 1. The fourth-order valence-electron chi connectivity index (χ4n) is 10.6. The Hall–Kier alpha value is -1.33. The van der Waals surface area contributed by atoms with Crippen LogP contribution in [-0.2, 0) is 14.3 Å². The van der Waals surface area contributed by atoms with Crippen LogP contribution in [-0.4, -0.2) is 87.5 Å². The van der Waals surface area contributed by atoms with Crippen LogP contribution in [0.1, 0.15) is 328 Å². The largest absolute Gasteiger partial charge is 0.394 e. The molecule has 0 aromatic carbocycles. The number of nitrogens with one attached hydrogen (secondary N) is 1. The molecular weight excluding hydrogens is 923 g/mol. The van der Waals surface area contributed by atoms with Gasteiger partial charge in [-0.25, -0.2) is 0 Å². The number of rotatable bonds is 57. The molecule has 0 aliphatic carbocycles. The second-order valence-electron chi connectivity index (χ2n) is 22.9. The molecule has 7 atom stereocenters. The maximum Gasteiger partial charge on any atom is 0.220 e.